The van der Waals surface area contributed by atoms with E-state index in [4.69, 9.17) is 28.9 Å². The maximum atomic E-state index is 5.92. The van der Waals surface area contributed by atoms with Gasteiger partial charge in [-0.1, -0.05) is 30.1 Å². The van der Waals surface area contributed by atoms with Crippen LogP contribution in [-0.2, 0) is 6.54 Å². The van der Waals surface area contributed by atoms with E-state index in [0.29, 0.717) is 15.7 Å². The van der Waals surface area contributed by atoms with Crippen molar-refractivity contribution in [2.24, 2.45) is 0 Å². The zero-order valence-electron chi connectivity index (χ0n) is 8.35. The molecule has 1 aromatic rings. The van der Waals surface area contributed by atoms with Crippen molar-refractivity contribution in [3.05, 3.63) is 27.7 Å². The first-order valence-corrected chi connectivity index (χ1v) is 5.22. The lowest BCUT2D eigenvalue weighted by atomic mass is 10.2. The smallest absolute Gasteiger partial charge is 0.0693 e. The SMILES string of the molecule is CCN(C)Cc1cc(Cl)c(N)c(Cl)c1. The van der Waals surface area contributed by atoms with Gasteiger partial charge in [0.15, 0.2) is 0 Å². The molecule has 14 heavy (non-hydrogen) atoms. The van der Waals surface area contributed by atoms with Crippen molar-refractivity contribution in [3.63, 3.8) is 0 Å². The summed E-state index contributed by atoms with van der Waals surface area (Å²) in [5, 5.41) is 1.05. The molecule has 78 valence electrons. The largest absolute Gasteiger partial charge is 0.396 e. The van der Waals surface area contributed by atoms with E-state index in [9.17, 15) is 0 Å². The van der Waals surface area contributed by atoms with Gasteiger partial charge in [-0.05, 0) is 31.3 Å². The summed E-state index contributed by atoms with van der Waals surface area (Å²) in [4.78, 5) is 2.16. The van der Waals surface area contributed by atoms with E-state index in [1.54, 1.807) is 0 Å². The number of halogens is 2. The van der Waals surface area contributed by atoms with E-state index in [1.807, 2.05) is 19.2 Å². The topological polar surface area (TPSA) is 29.3 Å². The molecule has 0 aliphatic heterocycles. The van der Waals surface area contributed by atoms with E-state index in [0.717, 1.165) is 18.7 Å². The van der Waals surface area contributed by atoms with Gasteiger partial charge in [0, 0.05) is 6.54 Å². The number of hydrogen-bond donors (Lipinski definition) is 1. The highest BCUT2D eigenvalue weighted by Crippen LogP contribution is 2.29. The van der Waals surface area contributed by atoms with Gasteiger partial charge >= 0.3 is 0 Å². The molecule has 0 bridgehead atoms. The first-order chi connectivity index (χ1) is 6.54. The Morgan fingerprint density at radius 3 is 2.21 bits per heavy atom. The average molecular weight is 233 g/mol. The fraction of sp³-hybridized carbons (Fsp3) is 0.400. The first kappa shape index (κ1) is 11.6. The third-order valence-corrected chi connectivity index (χ3v) is 2.76. The standard InChI is InChI=1S/C10H14Cl2N2/c1-3-14(2)6-7-4-8(11)10(13)9(12)5-7/h4-5H,3,6,13H2,1-2H3. The van der Waals surface area contributed by atoms with Crippen LogP contribution in [0.3, 0.4) is 0 Å². The number of nitrogen functional groups attached to an aromatic ring is 1. The third-order valence-electron chi connectivity index (χ3n) is 2.13. The van der Waals surface area contributed by atoms with Gasteiger partial charge in [-0.15, -0.1) is 0 Å². The van der Waals surface area contributed by atoms with Crippen molar-refractivity contribution in [1.82, 2.24) is 4.90 Å². The molecule has 4 heteroatoms. The van der Waals surface area contributed by atoms with Crippen molar-refractivity contribution >= 4 is 28.9 Å². The molecule has 0 amide bonds. The minimum absolute atomic E-state index is 0.455. The summed E-state index contributed by atoms with van der Waals surface area (Å²) in [5.74, 6) is 0. The molecule has 0 aliphatic rings. The Labute approximate surface area is 94.6 Å². The molecule has 0 saturated heterocycles. The van der Waals surface area contributed by atoms with Crippen molar-refractivity contribution in [1.29, 1.82) is 0 Å². The summed E-state index contributed by atoms with van der Waals surface area (Å²) in [6.45, 7) is 3.91. The lowest BCUT2D eigenvalue weighted by molar-refractivity contribution is 0.346. The Bertz CT molecular complexity index is 303. The maximum Gasteiger partial charge on any atom is 0.0693 e. The predicted octanol–water partition coefficient (Wildman–Crippen LogP) is 3.03. The van der Waals surface area contributed by atoms with Gasteiger partial charge in [0.2, 0.25) is 0 Å². The lowest BCUT2D eigenvalue weighted by Crippen LogP contribution is -2.16. The highest BCUT2D eigenvalue weighted by atomic mass is 35.5. The van der Waals surface area contributed by atoms with Crippen LogP contribution in [0.1, 0.15) is 12.5 Å². The van der Waals surface area contributed by atoms with Crippen LogP contribution < -0.4 is 5.73 Å². The number of benzene rings is 1. The van der Waals surface area contributed by atoms with Gasteiger partial charge < -0.3 is 10.6 Å². The average Bonchev–Trinajstić information content (AvgIpc) is 2.14. The second-order valence-corrected chi connectivity index (χ2v) is 4.12. The first-order valence-electron chi connectivity index (χ1n) is 4.46. The number of rotatable bonds is 3. The number of hydrogen-bond acceptors (Lipinski definition) is 2. The van der Waals surface area contributed by atoms with Crippen molar-refractivity contribution in [2.45, 2.75) is 13.5 Å². The molecule has 1 rings (SSSR count). The number of nitrogens with zero attached hydrogens (tertiary/aromatic N) is 1. The van der Waals surface area contributed by atoms with Crippen molar-refractivity contribution in [3.8, 4) is 0 Å². The van der Waals surface area contributed by atoms with Gasteiger partial charge in [-0.2, -0.15) is 0 Å². The minimum atomic E-state index is 0.455. The van der Waals surface area contributed by atoms with Gasteiger partial charge in [-0.25, -0.2) is 0 Å². The van der Waals surface area contributed by atoms with Gasteiger partial charge in [0.25, 0.3) is 0 Å². The second kappa shape index (κ2) is 4.87. The molecule has 0 unspecified atom stereocenters. The van der Waals surface area contributed by atoms with E-state index < -0.39 is 0 Å². The van der Waals surface area contributed by atoms with Crippen molar-refractivity contribution in [2.75, 3.05) is 19.3 Å². The highest BCUT2D eigenvalue weighted by molar-refractivity contribution is 6.38. The Kier molecular flexibility index (Phi) is 4.05. The fourth-order valence-electron chi connectivity index (χ4n) is 1.15. The zero-order valence-corrected chi connectivity index (χ0v) is 9.86. The quantitative estimate of drug-likeness (QED) is 0.813. The van der Waals surface area contributed by atoms with Gasteiger partial charge in [0.1, 0.15) is 0 Å². The van der Waals surface area contributed by atoms with E-state index >= 15 is 0 Å². The predicted molar refractivity (Wildman–Crippen MR) is 62.9 cm³/mol. The molecule has 0 fully saturated rings. The number of nitrogens with two attached hydrogens (primary N) is 1. The molecule has 0 spiro atoms. The fourth-order valence-corrected chi connectivity index (χ4v) is 1.68. The molecule has 2 nitrogen and oxygen atoms in total. The molecular weight excluding hydrogens is 219 g/mol. The van der Waals surface area contributed by atoms with Gasteiger partial charge in [0.05, 0.1) is 15.7 Å². The molecule has 0 heterocycles. The van der Waals surface area contributed by atoms with Crippen LogP contribution in [0.25, 0.3) is 0 Å². The monoisotopic (exact) mass is 232 g/mol. The second-order valence-electron chi connectivity index (χ2n) is 3.30. The molecule has 0 radical (unpaired) electrons. The summed E-state index contributed by atoms with van der Waals surface area (Å²) in [7, 11) is 2.04. The molecular formula is C10H14Cl2N2. The van der Waals surface area contributed by atoms with Crippen LogP contribution >= 0.6 is 23.2 Å². The summed E-state index contributed by atoms with van der Waals surface area (Å²) >= 11 is 11.8. The minimum Gasteiger partial charge on any atom is -0.396 e. The molecule has 0 saturated carbocycles. The van der Waals surface area contributed by atoms with Crippen LogP contribution in [0.15, 0.2) is 12.1 Å². The van der Waals surface area contributed by atoms with E-state index in [2.05, 4.69) is 11.8 Å². The highest BCUT2D eigenvalue weighted by Gasteiger charge is 2.05. The van der Waals surface area contributed by atoms with Crippen LogP contribution in [0.2, 0.25) is 10.0 Å². The molecule has 0 aliphatic carbocycles. The maximum absolute atomic E-state index is 5.92. The molecule has 0 atom stereocenters. The zero-order chi connectivity index (χ0) is 10.7. The van der Waals surface area contributed by atoms with Crippen LogP contribution in [0, 0.1) is 0 Å². The third kappa shape index (κ3) is 2.77. The summed E-state index contributed by atoms with van der Waals surface area (Å²) in [6.07, 6.45) is 0. The summed E-state index contributed by atoms with van der Waals surface area (Å²) in [6, 6.07) is 3.71. The van der Waals surface area contributed by atoms with E-state index in [1.165, 1.54) is 0 Å². The molecule has 2 N–H and O–H groups in total. The van der Waals surface area contributed by atoms with Crippen molar-refractivity contribution < 1.29 is 0 Å². The Morgan fingerprint density at radius 2 is 1.79 bits per heavy atom. The Hall–Kier alpha value is -0.440. The Balaban J connectivity index is 2.89. The number of anilines is 1. The van der Waals surface area contributed by atoms with E-state index in [-0.39, 0.29) is 0 Å². The van der Waals surface area contributed by atoms with Crippen LogP contribution in [0.5, 0.6) is 0 Å². The Morgan fingerprint density at radius 1 is 1.29 bits per heavy atom. The van der Waals surface area contributed by atoms with Gasteiger partial charge in [-0.3, -0.25) is 0 Å². The summed E-state index contributed by atoms with van der Waals surface area (Å²) < 4.78 is 0. The molecule has 1 aromatic carbocycles. The summed E-state index contributed by atoms with van der Waals surface area (Å²) in [5.41, 5.74) is 7.17. The normalized spacial score (nSPS) is 10.9. The van der Waals surface area contributed by atoms with Crippen LogP contribution in [-0.4, -0.2) is 18.5 Å². The lowest BCUT2D eigenvalue weighted by Gasteiger charge is -2.14. The van der Waals surface area contributed by atoms with Crippen LogP contribution in [0.4, 0.5) is 5.69 Å². The molecule has 0 aromatic heterocycles.